The molecule has 0 aliphatic carbocycles. The Morgan fingerprint density at radius 1 is 1.45 bits per heavy atom. The lowest BCUT2D eigenvalue weighted by Gasteiger charge is -2.09. The minimum atomic E-state index is -0.670. The van der Waals surface area contributed by atoms with Crippen molar-refractivity contribution < 1.29 is 9.31 Å². The molecule has 1 aromatic heterocycles. The molecule has 0 fully saturated rings. The number of halogens is 2. The number of benzene rings is 1. The van der Waals surface area contributed by atoms with E-state index in [2.05, 4.69) is 20.6 Å². The van der Waals surface area contributed by atoms with Crippen molar-refractivity contribution in [3.05, 3.63) is 45.4 Å². The summed E-state index contributed by atoms with van der Waals surface area (Å²) in [6.07, 6.45) is 1.02. The van der Waals surface area contributed by atoms with Crippen molar-refractivity contribution in [2.24, 2.45) is 0 Å². The monoisotopic (exact) mass is 297 g/mol. The van der Waals surface area contributed by atoms with Crippen molar-refractivity contribution in [1.29, 1.82) is 0 Å². The molecule has 2 aromatic rings. The van der Waals surface area contributed by atoms with E-state index in [1.165, 1.54) is 18.2 Å². The first-order chi connectivity index (χ1) is 9.52. The van der Waals surface area contributed by atoms with Crippen LogP contribution in [0.5, 0.6) is 0 Å². The van der Waals surface area contributed by atoms with Gasteiger partial charge in [0.05, 0.1) is 15.6 Å². The highest BCUT2D eigenvalue weighted by Crippen LogP contribution is 2.31. The molecule has 20 heavy (non-hydrogen) atoms. The number of aromatic nitrogens is 2. The van der Waals surface area contributed by atoms with Crippen LogP contribution in [0.2, 0.25) is 5.02 Å². The number of nitrogens with one attached hydrogen (secondary N) is 2. The van der Waals surface area contributed by atoms with Gasteiger partial charge in [0.25, 0.3) is 0 Å². The third kappa shape index (κ3) is 2.75. The molecule has 0 aliphatic heterocycles. The van der Waals surface area contributed by atoms with Gasteiger partial charge in [0, 0.05) is 7.05 Å². The van der Waals surface area contributed by atoms with Crippen LogP contribution in [-0.4, -0.2) is 21.9 Å². The van der Waals surface area contributed by atoms with Gasteiger partial charge in [0.2, 0.25) is 11.8 Å². The molecule has 7 nitrogen and oxygen atoms in total. The Morgan fingerprint density at radius 2 is 2.20 bits per heavy atom. The summed E-state index contributed by atoms with van der Waals surface area (Å²) in [5.41, 5.74) is -0.471. The van der Waals surface area contributed by atoms with Crippen molar-refractivity contribution in [2.45, 2.75) is 0 Å². The molecule has 0 unspecified atom stereocenters. The van der Waals surface area contributed by atoms with Gasteiger partial charge in [0.1, 0.15) is 12.0 Å². The molecule has 0 spiro atoms. The van der Waals surface area contributed by atoms with E-state index >= 15 is 0 Å². The van der Waals surface area contributed by atoms with Crippen LogP contribution in [0.1, 0.15) is 0 Å². The Bertz CT molecular complexity index is 647. The zero-order valence-electron chi connectivity index (χ0n) is 10.2. The van der Waals surface area contributed by atoms with Crippen molar-refractivity contribution >= 4 is 34.7 Å². The van der Waals surface area contributed by atoms with Gasteiger partial charge in [-0.2, -0.15) is 4.98 Å². The first kappa shape index (κ1) is 13.9. The molecule has 2 rings (SSSR count). The predicted octanol–water partition coefficient (Wildman–Crippen LogP) is 2.96. The molecule has 104 valence electrons. The molecule has 0 amide bonds. The van der Waals surface area contributed by atoms with Gasteiger partial charge in [0.15, 0.2) is 0 Å². The predicted molar refractivity (Wildman–Crippen MR) is 72.9 cm³/mol. The Morgan fingerprint density at radius 3 is 2.80 bits per heavy atom. The normalized spacial score (nSPS) is 10.2. The van der Waals surface area contributed by atoms with Crippen LogP contribution < -0.4 is 10.6 Å². The van der Waals surface area contributed by atoms with Crippen LogP contribution in [0, 0.1) is 15.9 Å². The standard InChI is InChI=1S/C11H9ClFN5O2/c1-14-11-15-5-8(18(19)20)10(17-11)16-9-6(12)3-2-4-7(9)13/h2-5H,1H3,(H2,14,15,16,17). The maximum Gasteiger partial charge on any atom is 0.329 e. The van der Waals surface area contributed by atoms with E-state index in [1.807, 2.05) is 0 Å². The van der Waals surface area contributed by atoms with Gasteiger partial charge in [-0.15, -0.1) is 0 Å². The van der Waals surface area contributed by atoms with E-state index in [4.69, 9.17) is 11.6 Å². The lowest BCUT2D eigenvalue weighted by atomic mass is 10.3. The summed E-state index contributed by atoms with van der Waals surface area (Å²) < 4.78 is 13.7. The van der Waals surface area contributed by atoms with E-state index in [0.29, 0.717) is 0 Å². The van der Waals surface area contributed by atoms with Gasteiger partial charge < -0.3 is 10.6 Å². The lowest BCUT2D eigenvalue weighted by molar-refractivity contribution is -0.384. The highest BCUT2D eigenvalue weighted by molar-refractivity contribution is 6.33. The third-order valence-electron chi connectivity index (χ3n) is 2.40. The van der Waals surface area contributed by atoms with Crippen molar-refractivity contribution in [3.63, 3.8) is 0 Å². The summed E-state index contributed by atoms with van der Waals surface area (Å²) in [7, 11) is 1.56. The minimum absolute atomic E-state index is 0.0852. The second-order valence-corrected chi connectivity index (χ2v) is 4.06. The number of nitro groups is 1. The zero-order valence-corrected chi connectivity index (χ0v) is 11.0. The van der Waals surface area contributed by atoms with Crippen LogP contribution in [0.3, 0.4) is 0 Å². The fourth-order valence-corrected chi connectivity index (χ4v) is 1.67. The van der Waals surface area contributed by atoms with Gasteiger partial charge in [-0.25, -0.2) is 9.37 Å². The van der Waals surface area contributed by atoms with E-state index in [0.717, 1.165) is 6.20 Å². The first-order valence-corrected chi connectivity index (χ1v) is 5.81. The Kier molecular flexibility index (Phi) is 3.94. The number of anilines is 3. The molecule has 0 saturated heterocycles. The molecule has 9 heteroatoms. The average molecular weight is 298 g/mol. The molecule has 1 heterocycles. The van der Waals surface area contributed by atoms with Gasteiger partial charge in [-0.05, 0) is 12.1 Å². The second kappa shape index (κ2) is 5.66. The van der Waals surface area contributed by atoms with Crippen LogP contribution in [0.25, 0.3) is 0 Å². The quantitative estimate of drug-likeness (QED) is 0.665. The fraction of sp³-hybridized carbons (Fsp3) is 0.0909. The van der Waals surface area contributed by atoms with E-state index in [1.54, 1.807) is 7.05 Å². The molecule has 0 bridgehead atoms. The van der Waals surface area contributed by atoms with Gasteiger partial charge in [-0.1, -0.05) is 17.7 Å². The number of rotatable bonds is 4. The number of hydrogen-bond donors (Lipinski definition) is 2. The van der Waals surface area contributed by atoms with E-state index < -0.39 is 10.7 Å². The Hall–Kier alpha value is -2.48. The topological polar surface area (TPSA) is 93.0 Å². The molecule has 0 aliphatic rings. The van der Waals surface area contributed by atoms with Crippen LogP contribution >= 0.6 is 11.6 Å². The van der Waals surface area contributed by atoms with E-state index in [-0.39, 0.29) is 28.2 Å². The van der Waals surface area contributed by atoms with Crippen LogP contribution in [0.15, 0.2) is 24.4 Å². The molecule has 2 N–H and O–H groups in total. The summed E-state index contributed by atoms with van der Waals surface area (Å²) in [6, 6.07) is 4.06. The highest BCUT2D eigenvalue weighted by atomic mass is 35.5. The molecular weight excluding hydrogens is 289 g/mol. The third-order valence-corrected chi connectivity index (χ3v) is 2.71. The van der Waals surface area contributed by atoms with Crippen LogP contribution in [0.4, 0.5) is 27.5 Å². The van der Waals surface area contributed by atoms with Gasteiger partial charge >= 0.3 is 5.69 Å². The number of hydrogen-bond acceptors (Lipinski definition) is 6. The molecule has 0 atom stereocenters. The summed E-state index contributed by atoms with van der Waals surface area (Å²) in [4.78, 5) is 17.9. The first-order valence-electron chi connectivity index (χ1n) is 5.43. The fourth-order valence-electron chi connectivity index (χ4n) is 1.46. The zero-order chi connectivity index (χ0) is 14.7. The second-order valence-electron chi connectivity index (χ2n) is 3.66. The molecule has 1 aromatic carbocycles. The summed E-state index contributed by atoms with van der Waals surface area (Å²) >= 11 is 5.85. The van der Waals surface area contributed by atoms with E-state index in [9.17, 15) is 14.5 Å². The minimum Gasteiger partial charge on any atom is -0.357 e. The smallest absolute Gasteiger partial charge is 0.329 e. The molecule has 0 saturated carbocycles. The largest absolute Gasteiger partial charge is 0.357 e. The summed E-state index contributed by atoms with van der Waals surface area (Å²) in [5, 5.41) is 16.2. The van der Waals surface area contributed by atoms with Crippen molar-refractivity contribution in [3.8, 4) is 0 Å². The summed E-state index contributed by atoms with van der Waals surface area (Å²) in [5.74, 6) is -0.636. The highest BCUT2D eigenvalue weighted by Gasteiger charge is 2.19. The maximum absolute atomic E-state index is 13.7. The van der Waals surface area contributed by atoms with Crippen LogP contribution in [-0.2, 0) is 0 Å². The molecule has 0 radical (unpaired) electrons. The summed E-state index contributed by atoms with van der Waals surface area (Å²) in [6.45, 7) is 0. The van der Waals surface area contributed by atoms with Crippen molar-refractivity contribution in [1.82, 2.24) is 9.97 Å². The average Bonchev–Trinajstić information content (AvgIpc) is 2.42. The number of nitrogens with zero attached hydrogens (tertiary/aromatic N) is 3. The van der Waals surface area contributed by atoms with Gasteiger partial charge in [-0.3, -0.25) is 10.1 Å². The number of para-hydroxylation sites is 1. The molecular formula is C11H9ClFN5O2. The lowest BCUT2D eigenvalue weighted by Crippen LogP contribution is -2.05. The maximum atomic E-state index is 13.7. The SMILES string of the molecule is CNc1ncc([N+](=O)[O-])c(Nc2c(F)cccc2Cl)n1. The van der Waals surface area contributed by atoms with Crippen molar-refractivity contribution in [2.75, 3.05) is 17.7 Å². The Balaban J connectivity index is 2.49. The Labute approximate surface area is 118 Å².